The summed E-state index contributed by atoms with van der Waals surface area (Å²) in [6.07, 6.45) is 3.13. The lowest BCUT2D eigenvalue weighted by molar-refractivity contribution is 0.192. The molecular weight excluding hydrogens is 236 g/mol. The van der Waals surface area contributed by atoms with E-state index in [1.165, 1.54) is 12.0 Å². The van der Waals surface area contributed by atoms with Gasteiger partial charge in [-0.15, -0.1) is 0 Å². The largest absolute Gasteiger partial charge is 0.354 e. The van der Waals surface area contributed by atoms with Crippen molar-refractivity contribution >= 4 is 5.82 Å². The summed E-state index contributed by atoms with van der Waals surface area (Å²) in [5, 5.41) is 0. The molecule has 1 aromatic heterocycles. The Balaban J connectivity index is 2.01. The van der Waals surface area contributed by atoms with Crippen molar-refractivity contribution in [3.63, 3.8) is 0 Å². The van der Waals surface area contributed by atoms with Gasteiger partial charge >= 0.3 is 0 Å². The molecule has 0 amide bonds. The quantitative estimate of drug-likeness (QED) is 0.898. The van der Waals surface area contributed by atoms with Gasteiger partial charge in [-0.05, 0) is 37.5 Å². The van der Waals surface area contributed by atoms with Gasteiger partial charge in [-0.2, -0.15) is 0 Å². The van der Waals surface area contributed by atoms with Crippen molar-refractivity contribution in [2.24, 2.45) is 5.73 Å². The SMILES string of the molecule is CCC(C)N1CCN(c2ncc(CN)cc2C)CC1. The number of hydrogen-bond donors (Lipinski definition) is 1. The smallest absolute Gasteiger partial charge is 0.131 e. The lowest BCUT2D eigenvalue weighted by Crippen LogP contribution is -2.49. The molecule has 4 heteroatoms. The minimum absolute atomic E-state index is 0.565. The third kappa shape index (κ3) is 3.25. The number of rotatable bonds is 4. The summed E-state index contributed by atoms with van der Waals surface area (Å²) in [4.78, 5) is 9.56. The minimum Gasteiger partial charge on any atom is -0.354 e. The third-order valence-electron chi connectivity index (χ3n) is 4.17. The molecule has 1 aliphatic heterocycles. The van der Waals surface area contributed by atoms with Crippen LogP contribution in [0.15, 0.2) is 12.3 Å². The Morgan fingerprint density at radius 1 is 1.32 bits per heavy atom. The van der Waals surface area contributed by atoms with Crippen LogP contribution in [0.5, 0.6) is 0 Å². The van der Waals surface area contributed by atoms with E-state index < -0.39 is 0 Å². The average molecular weight is 262 g/mol. The van der Waals surface area contributed by atoms with Crippen LogP contribution in [0.4, 0.5) is 5.82 Å². The van der Waals surface area contributed by atoms with Gasteiger partial charge in [-0.3, -0.25) is 4.90 Å². The summed E-state index contributed by atoms with van der Waals surface area (Å²) in [5.41, 5.74) is 8.00. The standard InChI is InChI=1S/C15H26N4/c1-4-13(3)18-5-7-19(8-6-18)15-12(2)9-14(10-16)11-17-15/h9,11,13H,4-8,10,16H2,1-3H3. The van der Waals surface area contributed by atoms with E-state index >= 15 is 0 Å². The van der Waals surface area contributed by atoms with Crippen LogP contribution in [0.1, 0.15) is 31.4 Å². The number of nitrogens with two attached hydrogens (primary N) is 1. The second kappa shape index (κ2) is 6.35. The summed E-state index contributed by atoms with van der Waals surface area (Å²) >= 11 is 0. The fraction of sp³-hybridized carbons (Fsp3) is 0.667. The van der Waals surface area contributed by atoms with Gasteiger partial charge in [0.2, 0.25) is 0 Å². The molecule has 0 spiro atoms. The second-order valence-electron chi connectivity index (χ2n) is 5.47. The van der Waals surface area contributed by atoms with Crippen LogP contribution < -0.4 is 10.6 Å². The van der Waals surface area contributed by atoms with E-state index in [0.29, 0.717) is 12.6 Å². The van der Waals surface area contributed by atoms with Crippen LogP contribution in [0.2, 0.25) is 0 Å². The monoisotopic (exact) mass is 262 g/mol. The average Bonchev–Trinajstić information content (AvgIpc) is 2.46. The van der Waals surface area contributed by atoms with Gasteiger partial charge in [0.25, 0.3) is 0 Å². The van der Waals surface area contributed by atoms with Crippen molar-refractivity contribution in [1.82, 2.24) is 9.88 Å². The van der Waals surface area contributed by atoms with E-state index in [1.54, 1.807) is 0 Å². The maximum absolute atomic E-state index is 5.65. The summed E-state index contributed by atoms with van der Waals surface area (Å²) < 4.78 is 0. The molecule has 1 aliphatic rings. The van der Waals surface area contributed by atoms with Crippen LogP contribution >= 0.6 is 0 Å². The van der Waals surface area contributed by atoms with Gasteiger partial charge in [0.05, 0.1) is 0 Å². The number of aryl methyl sites for hydroxylation is 1. The van der Waals surface area contributed by atoms with Crippen LogP contribution in [0.25, 0.3) is 0 Å². The van der Waals surface area contributed by atoms with Crippen LogP contribution in [0.3, 0.4) is 0 Å². The maximum Gasteiger partial charge on any atom is 0.131 e. The van der Waals surface area contributed by atoms with Crippen LogP contribution in [-0.2, 0) is 6.54 Å². The molecule has 1 aromatic rings. The number of hydrogen-bond acceptors (Lipinski definition) is 4. The van der Waals surface area contributed by atoms with E-state index in [0.717, 1.165) is 37.6 Å². The highest BCUT2D eigenvalue weighted by molar-refractivity contribution is 5.47. The molecule has 2 rings (SSSR count). The van der Waals surface area contributed by atoms with Gasteiger partial charge in [0, 0.05) is 45.0 Å². The lowest BCUT2D eigenvalue weighted by Gasteiger charge is -2.38. The fourth-order valence-electron chi connectivity index (χ4n) is 2.70. The highest BCUT2D eigenvalue weighted by Gasteiger charge is 2.21. The zero-order chi connectivity index (χ0) is 13.8. The van der Waals surface area contributed by atoms with Crippen molar-refractivity contribution < 1.29 is 0 Å². The number of piperazine rings is 1. The van der Waals surface area contributed by atoms with Crippen LogP contribution in [0, 0.1) is 6.92 Å². The number of nitrogens with zero attached hydrogens (tertiary/aromatic N) is 3. The first-order valence-corrected chi connectivity index (χ1v) is 7.30. The summed E-state index contributed by atoms with van der Waals surface area (Å²) in [5.74, 6) is 1.13. The highest BCUT2D eigenvalue weighted by atomic mass is 15.3. The summed E-state index contributed by atoms with van der Waals surface area (Å²) in [6, 6.07) is 2.85. The Labute approximate surface area is 116 Å². The third-order valence-corrected chi connectivity index (χ3v) is 4.17. The Hall–Kier alpha value is -1.13. The first kappa shape index (κ1) is 14.3. The molecule has 19 heavy (non-hydrogen) atoms. The predicted molar refractivity (Wildman–Crippen MR) is 80.4 cm³/mol. The first-order valence-electron chi connectivity index (χ1n) is 7.30. The highest BCUT2D eigenvalue weighted by Crippen LogP contribution is 2.20. The van der Waals surface area contributed by atoms with E-state index in [-0.39, 0.29) is 0 Å². The zero-order valence-corrected chi connectivity index (χ0v) is 12.4. The predicted octanol–water partition coefficient (Wildman–Crippen LogP) is 1.77. The van der Waals surface area contributed by atoms with Gasteiger partial charge in [-0.1, -0.05) is 6.92 Å². The Kier molecular flexibility index (Phi) is 4.77. The van der Waals surface area contributed by atoms with Gasteiger partial charge in [0.1, 0.15) is 5.82 Å². The molecule has 0 saturated carbocycles. The molecular formula is C15H26N4. The van der Waals surface area contributed by atoms with E-state index in [9.17, 15) is 0 Å². The molecule has 106 valence electrons. The molecule has 1 atom stereocenters. The number of pyridine rings is 1. The van der Waals surface area contributed by atoms with Crippen LogP contribution in [-0.4, -0.2) is 42.1 Å². The minimum atomic E-state index is 0.565. The lowest BCUT2D eigenvalue weighted by atomic mass is 10.1. The van der Waals surface area contributed by atoms with Crippen molar-refractivity contribution in [3.8, 4) is 0 Å². The number of aromatic nitrogens is 1. The molecule has 0 aromatic carbocycles. The topological polar surface area (TPSA) is 45.4 Å². The van der Waals surface area contributed by atoms with Crippen molar-refractivity contribution in [1.29, 1.82) is 0 Å². The van der Waals surface area contributed by atoms with Crippen molar-refractivity contribution in [3.05, 3.63) is 23.4 Å². The Bertz CT molecular complexity index is 411. The van der Waals surface area contributed by atoms with Gasteiger partial charge in [0.15, 0.2) is 0 Å². The zero-order valence-electron chi connectivity index (χ0n) is 12.4. The molecule has 2 heterocycles. The molecule has 0 bridgehead atoms. The first-order chi connectivity index (χ1) is 9.15. The fourth-order valence-corrected chi connectivity index (χ4v) is 2.70. The van der Waals surface area contributed by atoms with Gasteiger partial charge < -0.3 is 10.6 Å². The van der Waals surface area contributed by atoms with E-state index in [1.807, 2.05) is 6.20 Å². The Morgan fingerprint density at radius 3 is 2.53 bits per heavy atom. The molecule has 0 aliphatic carbocycles. The maximum atomic E-state index is 5.65. The normalized spacial score (nSPS) is 18.6. The molecule has 2 N–H and O–H groups in total. The molecule has 1 saturated heterocycles. The van der Waals surface area contributed by atoms with Gasteiger partial charge in [-0.25, -0.2) is 4.98 Å². The second-order valence-corrected chi connectivity index (χ2v) is 5.47. The molecule has 1 unspecified atom stereocenters. The van der Waals surface area contributed by atoms with Crippen molar-refractivity contribution in [2.45, 2.75) is 39.8 Å². The summed E-state index contributed by atoms with van der Waals surface area (Å²) in [7, 11) is 0. The molecule has 1 fully saturated rings. The van der Waals surface area contributed by atoms with E-state index in [4.69, 9.17) is 5.73 Å². The Morgan fingerprint density at radius 2 is 2.00 bits per heavy atom. The molecule has 0 radical (unpaired) electrons. The van der Waals surface area contributed by atoms with Crippen molar-refractivity contribution in [2.75, 3.05) is 31.1 Å². The molecule has 4 nitrogen and oxygen atoms in total. The van der Waals surface area contributed by atoms with E-state index in [2.05, 4.69) is 41.6 Å². The summed E-state index contributed by atoms with van der Waals surface area (Å²) in [6.45, 7) is 11.7. The number of anilines is 1.